The maximum atomic E-state index is 12.7. The summed E-state index contributed by atoms with van der Waals surface area (Å²) >= 11 is 0. The molecule has 0 aromatic heterocycles. The van der Waals surface area contributed by atoms with Crippen molar-refractivity contribution < 1.29 is 8.78 Å². The van der Waals surface area contributed by atoms with Gasteiger partial charge in [0.25, 0.3) is 6.43 Å². The van der Waals surface area contributed by atoms with E-state index in [1.807, 2.05) is 32.9 Å². The minimum Gasteiger partial charge on any atom is -0.306 e. The summed E-state index contributed by atoms with van der Waals surface area (Å²) in [6.45, 7) is 6.29. The molecule has 1 N–H and O–H groups in total. The van der Waals surface area contributed by atoms with Crippen LogP contribution in [0.3, 0.4) is 0 Å². The second-order valence-corrected chi connectivity index (χ2v) is 3.71. The highest BCUT2D eigenvalue weighted by Gasteiger charge is 2.21. The van der Waals surface area contributed by atoms with Gasteiger partial charge in [-0.15, -0.1) is 0 Å². The Morgan fingerprint density at radius 2 is 1.87 bits per heavy atom. The molecule has 1 atom stereocenters. The summed E-state index contributed by atoms with van der Waals surface area (Å²) in [7, 11) is 0. The van der Waals surface area contributed by atoms with Gasteiger partial charge in [-0.2, -0.15) is 0 Å². The smallest absolute Gasteiger partial charge is 0.257 e. The number of nitrogens with one attached hydrogen (secondary N) is 1. The van der Waals surface area contributed by atoms with Crippen molar-refractivity contribution in [3.05, 3.63) is 34.9 Å². The maximum absolute atomic E-state index is 12.7. The van der Waals surface area contributed by atoms with Crippen LogP contribution in [0.2, 0.25) is 0 Å². The summed E-state index contributed by atoms with van der Waals surface area (Å²) in [4.78, 5) is 0. The average molecular weight is 213 g/mol. The molecule has 1 nitrogen and oxygen atoms in total. The molecule has 1 unspecified atom stereocenters. The van der Waals surface area contributed by atoms with Gasteiger partial charge in [0.2, 0.25) is 0 Å². The van der Waals surface area contributed by atoms with Gasteiger partial charge in [-0.1, -0.05) is 25.1 Å². The van der Waals surface area contributed by atoms with Crippen LogP contribution >= 0.6 is 0 Å². The number of aryl methyl sites for hydroxylation is 2. The second kappa shape index (κ2) is 5.21. The molecule has 0 spiro atoms. The van der Waals surface area contributed by atoms with Gasteiger partial charge in [-0.05, 0) is 37.1 Å². The number of alkyl halides is 2. The van der Waals surface area contributed by atoms with Crippen LogP contribution in [0, 0.1) is 13.8 Å². The van der Waals surface area contributed by atoms with Crippen LogP contribution in [0.4, 0.5) is 8.78 Å². The molecule has 1 aromatic carbocycles. The SMILES string of the molecule is CCNC(c1ccc(C)c(C)c1)C(F)F. The zero-order valence-corrected chi connectivity index (χ0v) is 9.35. The molecular formula is C12H17F2N. The van der Waals surface area contributed by atoms with Gasteiger partial charge in [0.1, 0.15) is 0 Å². The Morgan fingerprint density at radius 1 is 1.20 bits per heavy atom. The molecule has 0 radical (unpaired) electrons. The maximum Gasteiger partial charge on any atom is 0.257 e. The number of rotatable bonds is 4. The number of benzene rings is 1. The topological polar surface area (TPSA) is 12.0 Å². The van der Waals surface area contributed by atoms with Crippen LogP contribution in [-0.4, -0.2) is 13.0 Å². The van der Waals surface area contributed by atoms with E-state index in [-0.39, 0.29) is 0 Å². The third-order valence-corrected chi connectivity index (χ3v) is 2.57. The molecule has 1 rings (SSSR count). The summed E-state index contributed by atoms with van der Waals surface area (Å²) in [5.41, 5.74) is 2.84. The molecule has 3 heteroatoms. The van der Waals surface area contributed by atoms with Gasteiger partial charge in [0.05, 0.1) is 6.04 Å². The summed E-state index contributed by atoms with van der Waals surface area (Å²) in [5.74, 6) is 0. The van der Waals surface area contributed by atoms with Crippen LogP contribution < -0.4 is 5.32 Å². The zero-order chi connectivity index (χ0) is 11.4. The Hall–Kier alpha value is -0.960. The predicted octanol–water partition coefficient (Wildman–Crippen LogP) is 3.22. The van der Waals surface area contributed by atoms with Crippen molar-refractivity contribution in [1.29, 1.82) is 0 Å². The first kappa shape index (κ1) is 12.1. The third kappa shape index (κ3) is 2.99. The number of halogens is 2. The lowest BCUT2D eigenvalue weighted by molar-refractivity contribution is 0.0993. The standard InChI is InChI=1S/C12H17F2N/c1-4-15-11(12(13)14)10-6-5-8(2)9(3)7-10/h5-7,11-12,15H,4H2,1-3H3. The monoisotopic (exact) mass is 213 g/mol. The molecule has 1 aromatic rings. The Labute approximate surface area is 89.5 Å². The van der Waals surface area contributed by atoms with Gasteiger partial charge in [0.15, 0.2) is 0 Å². The Bertz CT molecular complexity index is 323. The molecule has 0 fully saturated rings. The lowest BCUT2D eigenvalue weighted by atomic mass is 10.0. The first-order valence-corrected chi connectivity index (χ1v) is 5.15. The van der Waals surface area contributed by atoms with Gasteiger partial charge < -0.3 is 5.32 Å². The molecule has 0 heterocycles. The van der Waals surface area contributed by atoms with Gasteiger partial charge in [-0.3, -0.25) is 0 Å². The first-order valence-electron chi connectivity index (χ1n) is 5.15. The first-order chi connectivity index (χ1) is 7.06. The van der Waals surface area contributed by atoms with E-state index in [4.69, 9.17) is 0 Å². The quantitative estimate of drug-likeness (QED) is 0.809. The van der Waals surface area contributed by atoms with Crippen LogP contribution in [0.15, 0.2) is 18.2 Å². The van der Waals surface area contributed by atoms with Crippen molar-refractivity contribution in [2.75, 3.05) is 6.54 Å². The molecule has 0 aliphatic carbocycles. The summed E-state index contributed by atoms with van der Waals surface area (Å²) in [5, 5.41) is 2.80. The zero-order valence-electron chi connectivity index (χ0n) is 9.35. The van der Waals surface area contributed by atoms with Crippen molar-refractivity contribution in [2.24, 2.45) is 0 Å². The normalized spacial score (nSPS) is 13.2. The Morgan fingerprint density at radius 3 is 2.33 bits per heavy atom. The van der Waals surface area contributed by atoms with E-state index in [9.17, 15) is 8.78 Å². The third-order valence-electron chi connectivity index (χ3n) is 2.57. The van der Waals surface area contributed by atoms with E-state index in [1.54, 1.807) is 6.07 Å². The van der Waals surface area contributed by atoms with Gasteiger partial charge in [0, 0.05) is 0 Å². The van der Waals surface area contributed by atoms with E-state index in [0.29, 0.717) is 12.1 Å². The van der Waals surface area contributed by atoms with Crippen LogP contribution in [-0.2, 0) is 0 Å². The van der Waals surface area contributed by atoms with E-state index in [0.717, 1.165) is 11.1 Å². The molecule has 0 amide bonds. The molecule has 0 saturated carbocycles. The van der Waals surface area contributed by atoms with E-state index in [2.05, 4.69) is 5.32 Å². The Kier molecular flexibility index (Phi) is 4.21. The van der Waals surface area contributed by atoms with Crippen LogP contribution in [0.5, 0.6) is 0 Å². The number of hydrogen-bond donors (Lipinski definition) is 1. The summed E-state index contributed by atoms with van der Waals surface area (Å²) in [6, 6.07) is 4.63. The van der Waals surface area contributed by atoms with Gasteiger partial charge in [-0.25, -0.2) is 8.78 Å². The number of hydrogen-bond acceptors (Lipinski definition) is 1. The minimum absolute atomic E-state index is 0.544. The molecule has 15 heavy (non-hydrogen) atoms. The second-order valence-electron chi connectivity index (χ2n) is 3.71. The van der Waals surface area contributed by atoms with Gasteiger partial charge >= 0.3 is 0 Å². The molecular weight excluding hydrogens is 196 g/mol. The highest BCUT2D eigenvalue weighted by Crippen LogP contribution is 2.22. The summed E-state index contributed by atoms with van der Waals surface area (Å²) in [6.07, 6.45) is -2.37. The van der Waals surface area contributed by atoms with Crippen LogP contribution in [0.25, 0.3) is 0 Å². The van der Waals surface area contributed by atoms with Crippen molar-refractivity contribution >= 4 is 0 Å². The molecule has 0 aliphatic heterocycles. The average Bonchev–Trinajstić information content (AvgIpc) is 2.18. The van der Waals surface area contributed by atoms with Crippen molar-refractivity contribution in [2.45, 2.75) is 33.2 Å². The molecule has 0 bridgehead atoms. The van der Waals surface area contributed by atoms with Crippen molar-refractivity contribution in [1.82, 2.24) is 5.32 Å². The highest BCUT2D eigenvalue weighted by atomic mass is 19.3. The van der Waals surface area contributed by atoms with E-state index < -0.39 is 12.5 Å². The van der Waals surface area contributed by atoms with E-state index in [1.165, 1.54) is 0 Å². The Balaban J connectivity index is 2.95. The highest BCUT2D eigenvalue weighted by molar-refractivity contribution is 5.32. The van der Waals surface area contributed by atoms with Crippen molar-refractivity contribution in [3.63, 3.8) is 0 Å². The van der Waals surface area contributed by atoms with E-state index >= 15 is 0 Å². The fraction of sp³-hybridized carbons (Fsp3) is 0.500. The molecule has 0 saturated heterocycles. The minimum atomic E-state index is -2.37. The fourth-order valence-electron chi connectivity index (χ4n) is 1.53. The largest absolute Gasteiger partial charge is 0.306 e. The van der Waals surface area contributed by atoms with Crippen molar-refractivity contribution in [3.8, 4) is 0 Å². The predicted molar refractivity (Wildman–Crippen MR) is 58.3 cm³/mol. The summed E-state index contributed by atoms with van der Waals surface area (Å²) < 4.78 is 25.5. The molecule has 0 aliphatic rings. The lowest BCUT2D eigenvalue weighted by Crippen LogP contribution is -2.27. The molecule has 84 valence electrons. The fourth-order valence-corrected chi connectivity index (χ4v) is 1.53. The lowest BCUT2D eigenvalue weighted by Gasteiger charge is -2.18. The van der Waals surface area contributed by atoms with Crippen LogP contribution in [0.1, 0.15) is 29.7 Å².